The molecule has 1 heterocycles. The van der Waals surface area contributed by atoms with Crippen molar-refractivity contribution in [3.63, 3.8) is 0 Å². The lowest BCUT2D eigenvalue weighted by molar-refractivity contribution is -0.384. The Labute approximate surface area is 126 Å². The van der Waals surface area contributed by atoms with Gasteiger partial charge in [-0.3, -0.25) is 14.9 Å². The van der Waals surface area contributed by atoms with Crippen LogP contribution in [0.4, 0.5) is 11.4 Å². The Hall–Kier alpha value is -2.21. The van der Waals surface area contributed by atoms with Crippen molar-refractivity contribution in [1.29, 1.82) is 0 Å². The number of nitrogens with one attached hydrogen (secondary N) is 1. The maximum Gasteiger partial charge on any atom is 0.269 e. The number of hydrogen-bond donors (Lipinski definition) is 1. The third-order valence-corrected chi connectivity index (χ3v) is 4.19. The molecule has 0 saturated heterocycles. The van der Waals surface area contributed by atoms with Gasteiger partial charge in [-0.2, -0.15) is 0 Å². The second-order valence-electron chi connectivity index (χ2n) is 4.70. The number of carbonyl (C=O) groups excluding carboxylic acids is 1. The number of non-ortho nitro benzene ring substituents is 1. The molecular formula is C15H16N2O3S. The van der Waals surface area contributed by atoms with E-state index in [-0.39, 0.29) is 11.6 Å². The number of benzene rings is 1. The van der Waals surface area contributed by atoms with Crippen LogP contribution in [0.3, 0.4) is 0 Å². The molecule has 0 unspecified atom stereocenters. The predicted molar refractivity (Wildman–Crippen MR) is 84.1 cm³/mol. The lowest BCUT2D eigenvalue weighted by Crippen LogP contribution is -2.10. The Kier molecular flexibility index (Phi) is 4.70. The minimum Gasteiger partial charge on any atom is -0.321 e. The zero-order valence-electron chi connectivity index (χ0n) is 11.9. The van der Waals surface area contributed by atoms with Gasteiger partial charge in [0, 0.05) is 22.7 Å². The zero-order chi connectivity index (χ0) is 15.4. The number of anilines is 1. The van der Waals surface area contributed by atoms with Crippen molar-refractivity contribution >= 4 is 28.6 Å². The number of nitro groups is 1. The van der Waals surface area contributed by atoms with Gasteiger partial charge < -0.3 is 5.32 Å². The van der Waals surface area contributed by atoms with Crippen LogP contribution in [0.25, 0.3) is 0 Å². The summed E-state index contributed by atoms with van der Waals surface area (Å²) in [5, 5.41) is 13.3. The molecule has 1 aromatic heterocycles. The average molecular weight is 304 g/mol. The lowest BCUT2D eigenvalue weighted by Gasteiger charge is -2.02. The summed E-state index contributed by atoms with van der Waals surface area (Å²) < 4.78 is 0. The predicted octanol–water partition coefficient (Wildman–Crippen LogP) is 4.17. The highest BCUT2D eigenvalue weighted by molar-refractivity contribution is 7.14. The summed E-state index contributed by atoms with van der Waals surface area (Å²) in [6, 6.07) is 7.73. The fourth-order valence-electron chi connectivity index (χ4n) is 2.01. The number of aryl methyl sites for hydroxylation is 2. The fourth-order valence-corrected chi connectivity index (χ4v) is 2.98. The Balaban J connectivity index is 2.10. The quantitative estimate of drug-likeness (QED) is 0.665. The molecule has 6 heteroatoms. The minimum absolute atomic E-state index is 0.00481. The van der Waals surface area contributed by atoms with E-state index in [0.29, 0.717) is 10.6 Å². The first kappa shape index (κ1) is 15.2. The van der Waals surface area contributed by atoms with E-state index >= 15 is 0 Å². The van der Waals surface area contributed by atoms with E-state index < -0.39 is 4.92 Å². The Morgan fingerprint density at radius 2 is 2.00 bits per heavy atom. The molecular weight excluding hydrogens is 288 g/mol. The number of hydrogen-bond acceptors (Lipinski definition) is 4. The Morgan fingerprint density at radius 3 is 2.57 bits per heavy atom. The lowest BCUT2D eigenvalue weighted by atomic mass is 10.1. The van der Waals surface area contributed by atoms with Crippen LogP contribution >= 0.6 is 11.3 Å². The first-order valence-electron chi connectivity index (χ1n) is 6.66. The smallest absolute Gasteiger partial charge is 0.269 e. The van der Waals surface area contributed by atoms with Crippen molar-refractivity contribution in [2.45, 2.75) is 26.7 Å². The number of nitrogens with zero attached hydrogens (tertiary/aromatic N) is 1. The first-order chi connectivity index (χ1) is 10.0. The van der Waals surface area contributed by atoms with E-state index in [2.05, 4.69) is 12.2 Å². The normalized spacial score (nSPS) is 10.4. The molecule has 1 aromatic carbocycles. The molecule has 1 amide bonds. The number of amides is 1. The van der Waals surface area contributed by atoms with Crippen molar-refractivity contribution in [1.82, 2.24) is 0 Å². The highest BCUT2D eigenvalue weighted by atomic mass is 32.1. The van der Waals surface area contributed by atoms with Crippen LogP contribution in [-0.2, 0) is 6.42 Å². The van der Waals surface area contributed by atoms with E-state index in [4.69, 9.17) is 0 Å². The summed E-state index contributed by atoms with van der Waals surface area (Å²) in [5.74, 6) is -0.181. The molecule has 2 aromatic rings. The van der Waals surface area contributed by atoms with Crippen LogP contribution in [0.1, 0.15) is 33.5 Å². The van der Waals surface area contributed by atoms with Gasteiger partial charge in [0.15, 0.2) is 0 Å². The molecule has 0 bridgehead atoms. The average Bonchev–Trinajstić information content (AvgIpc) is 2.81. The molecule has 0 spiro atoms. The molecule has 110 valence electrons. The monoisotopic (exact) mass is 304 g/mol. The molecule has 0 saturated carbocycles. The van der Waals surface area contributed by atoms with Gasteiger partial charge in [0.25, 0.3) is 11.6 Å². The molecule has 1 N–H and O–H groups in total. The van der Waals surface area contributed by atoms with E-state index in [1.165, 1.54) is 41.2 Å². The standard InChI is InChI=1S/C15H16N2O3S/c1-3-4-11-9-14(21-10(11)2)15(18)16-12-5-7-13(8-6-12)17(19)20/h5-9H,3-4H2,1-2H3,(H,16,18). The second kappa shape index (κ2) is 6.49. The summed E-state index contributed by atoms with van der Waals surface area (Å²) in [6.45, 7) is 4.12. The van der Waals surface area contributed by atoms with Gasteiger partial charge in [0.05, 0.1) is 9.80 Å². The molecule has 0 aliphatic heterocycles. The summed E-state index contributed by atoms with van der Waals surface area (Å²) in [4.78, 5) is 24.1. The summed E-state index contributed by atoms with van der Waals surface area (Å²) in [6.07, 6.45) is 2.01. The van der Waals surface area contributed by atoms with Crippen LogP contribution in [-0.4, -0.2) is 10.8 Å². The van der Waals surface area contributed by atoms with Gasteiger partial charge in [-0.25, -0.2) is 0 Å². The maximum absolute atomic E-state index is 12.2. The van der Waals surface area contributed by atoms with Crippen LogP contribution in [0.15, 0.2) is 30.3 Å². The topological polar surface area (TPSA) is 72.2 Å². The summed E-state index contributed by atoms with van der Waals surface area (Å²) in [5.41, 5.74) is 1.76. The van der Waals surface area contributed by atoms with Crippen molar-refractivity contribution in [2.24, 2.45) is 0 Å². The van der Waals surface area contributed by atoms with Gasteiger partial charge in [-0.05, 0) is 37.1 Å². The van der Waals surface area contributed by atoms with E-state index in [1.54, 1.807) is 0 Å². The molecule has 21 heavy (non-hydrogen) atoms. The van der Waals surface area contributed by atoms with Crippen LogP contribution in [0.2, 0.25) is 0 Å². The van der Waals surface area contributed by atoms with Crippen LogP contribution in [0, 0.1) is 17.0 Å². The highest BCUT2D eigenvalue weighted by Crippen LogP contribution is 2.24. The van der Waals surface area contributed by atoms with Crippen molar-refractivity contribution in [2.75, 3.05) is 5.32 Å². The largest absolute Gasteiger partial charge is 0.321 e. The SMILES string of the molecule is CCCc1cc(C(=O)Nc2ccc([N+](=O)[O-])cc2)sc1C. The molecule has 0 aliphatic rings. The molecule has 2 rings (SSSR count). The number of carbonyl (C=O) groups is 1. The number of nitro benzene ring substituents is 1. The van der Waals surface area contributed by atoms with Crippen LogP contribution < -0.4 is 5.32 Å². The van der Waals surface area contributed by atoms with Gasteiger partial charge in [0.2, 0.25) is 0 Å². The van der Waals surface area contributed by atoms with Gasteiger partial charge in [-0.1, -0.05) is 13.3 Å². The minimum atomic E-state index is -0.467. The third-order valence-electron chi connectivity index (χ3n) is 3.10. The van der Waals surface area contributed by atoms with Crippen molar-refractivity contribution in [3.05, 3.63) is 55.8 Å². The fraction of sp³-hybridized carbons (Fsp3) is 0.267. The van der Waals surface area contributed by atoms with Crippen LogP contribution in [0.5, 0.6) is 0 Å². The maximum atomic E-state index is 12.2. The third kappa shape index (κ3) is 3.66. The van der Waals surface area contributed by atoms with E-state index in [9.17, 15) is 14.9 Å². The molecule has 5 nitrogen and oxygen atoms in total. The molecule has 0 atom stereocenters. The molecule has 0 fully saturated rings. The highest BCUT2D eigenvalue weighted by Gasteiger charge is 2.13. The molecule has 0 radical (unpaired) electrons. The zero-order valence-corrected chi connectivity index (χ0v) is 12.7. The van der Waals surface area contributed by atoms with E-state index in [1.807, 2.05) is 13.0 Å². The van der Waals surface area contributed by atoms with Crippen molar-refractivity contribution < 1.29 is 9.72 Å². The Bertz CT molecular complexity index is 662. The number of thiophene rings is 1. The summed E-state index contributed by atoms with van der Waals surface area (Å²) in [7, 11) is 0. The van der Waals surface area contributed by atoms with E-state index in [0.717, 1.165) is 17.7 Å². The second-order valence-corrected chi connectivity index (χ2v) is 5.96. The first-order valence-corrected chi connectivity index (χ1v) is 7.48. The summed E-state index contributed by atoms with van der Waals surface area (Å²) >= 11 is 1.47. The van der Waals surface area contributed by atoms with Crippen molar-refractivity contribution in [3.8, 4) is 0 Å². The number of rotatable bonds is 5. The Morgan fingerprint density at radius 1 is 1.33 bits per heavy atom. The van der Waals surface area contributed by atoms with Gasteiger partial charge in [-0.15, -0.1) is 11.3 Å². The van der Waals surface area contributed by atoms with Gasteiger partial charge in [0.1, 0.15) is 0 Å². The molecule has 0 aliphatic carbocycles. The van der Waals surface area contributed by atoms with Gasteiger partial charge >= 0.3 is 0 Å².